The molecule has 0 aliphatic heterocycles. The van der Waals surface area contributed by atoms with Gasteiger partial charge in [0.15, 0.2) is 5.82 Å². The second kappa shape index (κ2) is 9.26. The summed E-state index contributed by atoms with van der Waals surface area (Å²) in [5, 5.41) is 10.3. The van der Waals surface area contributed by atoms with Gasteiger partial charge in [-0.2, -0.15) is 0 Å². The van der Waals surface area contributed by atoms with Crippen LogP contribution in [0.15, 0.2) is 50.8 Å². The average Bonchev–Trinajstić information content (AvgIpc) is 3.11. The molecule has 7 nitrogen and oxygen atoms in total. The normalized spacial score (nSPS) is 11.2. The van der Waals surface area contributed by atoms with Crippen LogP contribution in [0, 0.1) is 13.8 Å². The van der Waals surface area contributed by atoms with Gasteiger partial charge in [-0.05, 0) is 54.7 Å². The third-order valence-electron chi connectivity index (χ3n) is 5.22. The maximum absolute atomic E-state index is 12.1. The zero-order chi connectivity index (χ0) is 22.8. The van der Waals surface area contributed by atoms with Crippen molar-refractivity contribution in [3.05, 3.63) is 79.9 Å². The minimum Gasteiger partial charge on any atom is -0.485 e. The zero-order valence-electron chi connectivity index (χ0n) is 18.0. The second-order valence-electron chi connectivity index (χ2n) is 7.45. The number of aromatic nitrogens is 3. The molecule has 2 N–H and O–H groups in total. The zero-order valence-corrected chi connectivity index (χ0v) is 19.6. The molecule has 166 valence electrons. The van der Waals surface area contributed by atoms with Crippen LogP contribution in [0.2, 0.25) is 5.02 Å². The number of ether oxygens (including phenoxy) is 1. The van der Waals surface area contributed by atoms with Gasteiger partial charge in [-0.25, -0.2) is 9.47 Å². The Morgan fingerprint density at radius 1 is 1.16 bits per heavy atom. The number of hydrogen-bond donors (Lipinski definition) is 1. The Morgan fingerprint density at radius 3 is 2.62 bits per heavy atom. The molecule has 0 fully saturated rings. The first-order valence-electron chi connectivity index (χ1n) is 10.1. The number of thioether (sulfide) groups is 1. The lowest BCUT2D eigenvalue weighted by molar-refractivity contribution is 0.288. The Hall–Kier alpha value is -2.97. The molecule has 0 atom stereocenters. The van der Waals surface area contributed by atoms with E-state index in [0.717, 1.165) is 39.8 Å². The van der Waals surface area contributed by atoms with Crippen molar-refractivity contribution in [3.63, 3.8) is 0 Å². The molecule has 2 aromatic carbocycles. The fourth-order valence-electron chi connectivity index (χ4n) is 3.49. The summed E-state index contributed by atoms with van der Waals surface area (Å²) in [5.41, 5.74) is 3.93. The van der Waals surface area contributed by atoms with E-state index in [2.05, 4.69) is 10.2 Å². The molecular weight excluding hydrogens is 448 g/mol. The van der Waals surface area contributed by atoms with E-state index in [1.165, 1.54) is 22.5 Å². The molecular formula is C23H23ClN4O3S. The third-order valence-corrected chi connectivity index (χ3v) is 6.57. The number of nitrogen functional groups attached to an aromatic ring is 1. The Morgan fingerprint density at radius 2 is 1.91 bits per heavy atom. The quantitative estimate of drug-likeness (QED) is 0.235. The van der Waals surface area contributed by atoms with Crippen LogP contribution in [0.25, 0.3) is 11.0 Å². The summed E-state index contributed by atoms with van der Waals surface area (Å²) in [6.07, 6.45) is 0.751. The highest BCUT2D eigenvalue weighted by molar-refractivity contribution is 7.98. The van der Waals surface area contributed by atoms with Crippen LogP contribution in [0.3, 0.4) is 0 Å². The van der Waals surface area contributed by atoms with E-state index in [-0.39, 0.29) is 6.61 Å². The van der Waals surface area contributed by atoms with Crippen molar-refractivity contribution in [3.8, 4) is 5.75 Å². The van der Waals surface area contributed by atoms with E-state index in [1.54, 1.807) is 0 Å². The van der Waals surface area contributed by atoms with E-state index in [1.807, 2.05) is 51.1 Å². The highest BCUT2D eigenvalue weighted by Gasteiger charge is 2.15. The van der Waals surface area contributed by atoms with Crippen molar-refractivity contribution in [1.29, 1.82) is 0 Å². The van der Waals surface area contributed by atoms with Crippen LogP contribution >= 0.6 is 23.4 Å². The van der Waals surface area contributed by atoms with Gasteiger partial charge in [-0.3, -0.25) is 0 Å². The minimum absolute atomic E-state index is 0.197. The smallest absolute Gasteiger partial charge is 0.336 e. The molecule has 0 aliphatic carbocycles. The first-order valence-corrected chi connectivity index (χ1v) is 11.5. The number of halogens is 1. The minimum atomic E-state index is -0.408. The molecule has 32 heavy (non-hydrogen) atoms. The predicted octanol–water partition coefficient (Wildman–Crippen LogP) is 4.80. The van der Waals surface area contributed by atoms with Gasteiger partial charge in [0.1, 0.15) is 17.9 Å². The van der Waals surface area contributed by atoms with E-state index in [0.29, 0.717) is 27.3 Å². The van der Waals surface area contributed by atoms with E-state index < -0.39 is 5.63 Å². The summed E-state index contributed by atoms with van der Waals surface area (Å²) >= 11 is 7.75. The lowest BCUT2D eigenvalue weighted by Gasteiger charge is -2.11. The highest BCUT2D eigenvalue weighted by atomic mass is 35.5. The van der Waals surface area contributed by atoms with Gasteiger partial charge in [0, 0.05) is 22.2 Å². The van der Waals surface area contributed by atoms with Crippen molar-refractivity contribution in [2.24, 2.45) is 0 Å². The maximum atomic E-state index is 12.1. The van der Waals surface area contributed by atoms with Gasteiger partial charge in [0.2, 0.25) is 5.16 Å². The topological polar surface area (TPSA) is 96.2 Å². The van der Waals surface area contributed by atoms with E-state index in [4.69, 9.17) is 26.6 Å². The number of nitrogens with two attached hydrogens (primary N) is 1. The molecule has 0 aliphatic rings. The SMILES string of the molecule is CCc1cc2oc(=O)cc(CSc3nnc(COc4c(C)cccc4C)n3N)c2cc1Cl. The van der Waals surface area contributed by atoms with Crippen molar-refractivity contribution in [2.45, 2.75) is 44.7 Å². The van der Waals surface area contributed by atoms with Crippen LogP contribution in [-0.2, 0) is 18.8 Å². The van der Waals surface area contributed by atoms with E-state index >= 15 is 0 Å². The number of fused-ring (bicyclic) bond motifs is 1. The maximum Gasteiger partial charge on any atom is 0.336 e. The number of rotatable bonds is 7. The summed E-state index contributed by atoms with van der Waals surface area (Å²) in [4.78, 5) is 12.1. The van der Waals surface area contributed by atoms with Gasteiger partial charge in [0.05, 0.1) is 0 Å². The highest BCUT2D eigenvalue weighted by Crippen LogP contribution is 2.30. The molecule has 4 rings (SSSR count). The van der Waals surface area contributed by atoms with Crippen molar-refractivity contribution >= 4 is 34.3 Å². The van der Waals surface area contributed by atoms with Gasteiger partial charge in [0.25, 0.3) is 0 Å². The predicted molar refractivity (Wildman–Crippen MR) is 127 cm³/mol. The van der Waals surface area contributed by atoms with E-state index in [9.17, 15) is 4.79 Å². The van der Waals surface area contributed by atoms with Crippen LogP contribution in [0.1, 0.15) is 35.0 Å². The van der Waals surface area contributed by atoms with Crippen LogP contribution < -0.4 is 16.2 Å². The van der Waals surface area contributed by atoms with Gasteiger partial charge < -0.3 is 15.0 Å². The summed E-state index contributed by atoms with van der Waals surface area (Å²) < 4.78 is 12.7. The Bertz CT molecular complexity index is 1330. The van der Waals surface area contributed by atoms with Crippen molar-refractivity contribution < 1.29 is 9.15 Å². The molecule has 0 radical (unpaired) electrons. The molecule has 4 aromatic rings. The average molecular weight is 471 g/mol. The molecule has 2 heterocycles. The van der Waals surface area contributed by atoms with Crippen LogP contribution in [-0.4, -0.2) is 14.9 Å². The van der Waals surface area contributed by atoms with Gasteiger partial charge >= 0.3 is 5.63 Å². The summed E-state index contributed by atoms with van der Waals surface area (Å²) in [7, 11) is 0. The fraction of sp³-hybridized carbons (Fsp3) is 0.261. The molecule has 0 unspecified atom stereocenters. The van der Waals surface area contributed by atoms with Crippen LogP contribution in [0.4, 0.5) is 0 Å². The van der Waals surface area contributed by atoms with Gasteiger partial charge in [-0.1, -0.05) is 48.5 Å². The number of benzene rings is 2. The Balaban J connectivity index is 1.53. The molecule has 2 aromatic heterocycles. The summed E-state index contributed by atoms with van der Waals surface area (Å²) in [6.45, 7) is 6.18. The van der Waals surface area contributed by atoms with Crippen LogP contribution in [0.5, 0.6) is 5.75 Å². The van der Waals surface area contributed by atoms with Gasteiger partial charge in [-0.15, -0.1) is 10.2 Å². The number of aryl methyl sites for hydroxylation is 3. The summed E-state index contributed by atoms with van der Waals surface area (Å²) in [5.74, 6) is 7.98. The molecule has 0 saturated heterocycles. The first-order chi connectivity index (χ1) is 15.4. The number of para-hydroxylation sites is 1. The lowest BCUT2D eigenvalue weighted by Crippen LogP contribution is -2.16. The standard InChI is InChI=1S/C23H23ClN4O3S/c1-4-15-8-19-17(10-18(15)24)16(9-21(29)31-19)12-32-23-27-26-20(28(23)25)11-30-22-13(2)6-5-7-14(22)3/h5-10H,4,11-12,25H2,1-3H3. The summed E-state index contributed by atoms with van der Waals surface area (Å²) in [6, 6.07) is 11.1. The molecule has 0 saturated carbocycles. The first kappa shape index (κ1) is 22.2. The number of nitrogens with zero attached hydrogens (tertiary/aromatic N) is 3. The van der Waals surface area contributed by atoms with Crippen molar-refractivity contribution in [2.75, 3.05) is 5.84 Å². The molecule has 9 heteroatoms. The molecule has 0 spiro atoms. The second-order valence-corrected chi connectivity index (χ2v) is 8.80. The largest absolute Gasteiger partial charge is 0.485 e. The Kier molecular flexibility index (Phi) is 6.43. The number of hydrogen-bond acceptors (Lipinski definition) is 7. The monoisotopic (exact) mass is 470 g/mol. The molecule has 0 bridgehead atoms. The van der Waals surface area contributed by atoms with Crippen molar-refractivity contribution in [1.82, 2.24) is 14.9 Å². The lowest BCUT2D eigenvalue weighted by atomic mass is 10.1. The Labute approximate surface area is 194 Å². The fourth-order valence-corrected chi connectivity index (χ4v) is 4.65. The molecule has 0 amide bonds. The third kappa shape index (κ3) is 4.47.